The monoisotopic (exact) mass is 525 g/mol. The minimum absolute atomic E-state index is 0.0875. The van der Waals surface area contributed by atoms with Crippen LogP contribution in [0.2, 0.25) is 10.0 Å². The first-order valence-electron chi connectivity index (χ1n) is 11.8. The number of anilines is 1. The van der Waals surface area contributed by atoms with Crippen LogP contribution in [0.15, 0.2) is 59.1 Å². The summed E-state index contributed by atoms with van der Waals surface area (Å²) < 4.78 is 10.4. The van der Waals surface area contributed by atoms with Gasteiger partial charge in [0, 0.05) is 40.6 Å². The molecule has 0 saturated carbocycles. The number of pyridine rings is 1. The van der Waals surface area contributed by atoms with Gasteiger partial charge in [0.2, 0.25) is 5.82 Å². The summed E-state index contributed by atoms with van der Waals surface area (Å²) in [5.41, 5.74) is 1.72. The molecule has 0 radical (unpaired) electrons. The first-order chi connectivity index (χ1) is 17.5. The Morgan fingerprint density at radius 3 is 2.61 bits per heavy atom. The quantitative estimate of drug-likeness (QED) is 0.310. The molecule has 1 saturated heterocycles. The van der Waals surface area contributed by atoms with Crippen LogP contribution in [0.4, 0.5) is 10.6 Å². The van der Waals surface area contributed by atoms with Crippen LogP contribution in [0.3, 0.4) is 0 Å². The zero-order chi connectivity index (χ0) is 24.9. The molecule has 36 heavy (non-hydrogen) atoms. The SMILES string of the molecule is O=C(NCCC1CCN(c2ccc3cc(Cl)ccc3n2)CC1)OCc1nc(-c2ccc(Cl)cc2)no1. The zero-order valence-corrected chi connectivity index (χ0v) is 21.0. The topological polar surface area (TPSA) is 93.4 Å². The molecule has 1 N–H and O–H groups in total. The number of benzene rings is 2. The summed E-state index contributed by atoms with van der Waals surface area (Å²) in [6, 6.07) is 17.0. The van der Waals surface area contributed by atoms with Crippen molar-refractivity contribution in [3.8, 4) is 11.4 Å². The number of carbonyl (C=O) groups is 1. The highest BCUT2D eigenvalue weighted by Gasteiger charge is 2.20. The molecule has 5 rings (SSSR count). The third kappa shape index (κ3) is 6.06. The molecule has 0 bridgehead atoms. The Kier molecular flexibility index (Phi) is 7.53. The molecule has 1 amide bonds. The minimum Gasteiger partial charge on any atom is -0.439 e. The molecule has 4 aromatic rings. The van der Waals surface area contributed by atoms with E-state index in [1.807, 2.05) is 18.2 Å². The van der Waals surface area contributed by atoms with Crippen molar-refractivity contribution >= 4 is 46.0 Å². The van der Waals surface area contributed by atoms with Crippen molar-refractivity contribution in [1.29, 1.82) is 0 Å². The molecule has 0 unspecified atom stereocenters. The van der Waals surface area contributed by atoms with Gasteiger partial charge >= 0.3 is 6.09 Å². The molecule has 186 valence electrons. The van der Waals surface area contributed by atoms with E-state index in [9.17, 15) is 4.79 Å². The van der Waals surface area contributed by atoms with Crippen LogP contribution >= 0.6 is 23.2 Å². The van der Waals surface area contributed by atoms with Crippen LogP contribution in [0.25, 0.3) is 22.3 Å². The lowest BCUT2D eigenvalue weighted by atomic mass is 9.93. The molecule has 1 aliphatic rings. The second-order valence-electron chi connectivity index (χ2n) is 8.75. The Morgan fingerprint density at radius 1 is 1.03 bits per heavy atom. The number of nitrogens with zero attached hydrogens (tertiary/aromatic N) is 4. The van der Waals surface area contributed by atoms with Gasteiger partial charge in [-0.3, -0.25) is 0 Å². The predicted octanol–water partition coefficient (Wildman–Crippen LogP) is 6.12. The summed E-state index contributed by atoms with van der Waals surface area (Å²) in [6.45, 7) is 2.34. The standard InChI is InChI=1S/C26H25Cl2N5O3/c27-20-4-1-18(2-5-20)25-31-24(36-32-25)16-35-26(34)29-12-9-17-10-13-33(14-11-17)23-8-3-19-15-21(28)6-7-22(19)30-23/h1-8,15,17H,9-14,16H2,(H,29,34). The number of piperidine rings is 1. The molecule has 0 atom stereocenters. The van der Waals surface area contributed by atoms with Crippen molar-refractivity contribution in [2.45, 2.75) is 25.9 Å². The van der Waals surface area contributed by atoms with E-state index >= 15 is 0 Å². The second-order valence-corrected chi connectivity index (χ2v) is 9.62. The van der Waals surface area contributed by atoms with Crippen LogP contribution in [0.5, 0.6) is 0 Å². The van der Waals surface area contributed by atoms with Crippen molar-refractivity contribution in [3.63, 3.8) is 0 Å². The summed E-state index contributed by atoms with van der Waals surface area (Å²) in [4.78, 5) is 23.4. The Bertz CT molecular complexity index is 1340. The molecule has 2 aromatic heterocycles. The highest BCUT2D eigenvalue weighted by molar-refractivity contribution is 6.31. The molecular weight excluding hydrogens is 501 g/mol. The fraction of sp³-hybridized carbons (Fsp3) is 0.308. The van der Waals surface area contributed by atoms with Gasteiger partial charge in [0.1, 0.15) is 5.82 Å². The molecule has 10 heteroatoms. The number of rotatable bonds is 7. The van der Waals surface area contributed by atoms with Gasteiger partial charge in [-0.05, 0) is 79.8 Å². The number of amides is 1. The van der Waals surface area contributed by atoms with Crippen molar-refractivity contribution in [1.82, 2.24) is 20.4 Å². The number of ether oxygens (including phenoxy) is 1. The number of hydrogen-bond acceptors (Lipinski definition) is 7. The Hall–Kier alpha value is -3.36. The lowest BCUT2D eigenvalue weighted by Crippen LogP contribution is -2.35. The molecule has 8 nitrogen and oxygen atoms in total. The predicted molar refractivity (Wildman–Crippen MR) is 139 cm³/mol. The van der Waals surface area contributed by atoms with Gasteiger partial charge in [-0.25, -0.2) is 9.78 Å². The Morgan fingerprint density at radius 2 is 1.81 bits per heavy atom. The highest BCUT2D eigenvalue weighted by atomic mass is 35.5. The number of halogens is 2. The lowest BCUT2D eigenvalue weighted by molar-refractivity contribution is 0.125. The first-order valence-corrected chi connectivity index (χ1v) is 12.6. The van der Waals surface area contributed by atoms with Crippen LogP contribution < -0.4 is 10.2 Å². The van der Waals surface area contributed by atoms with Gasteiger partial charge in [-0.1, -0.05) is 28.4 Å². The maximum Gasteiger partial charge on any atom is 0.407 e. The average Bonchev–Trinajstić information content (AvgIpc) is 3.37. The van der Waals surface area contributed by atoms with E-state index in [4.69, 9.17) is 37.4 Å². The smallest absolute Gasteiger partial charge is 0.407 e. The second kappa shape index (κ2) is 11.1. The maximum absolute atomic E-state index is 12.1. The van der Waals surface area contributed by atoms with Crippen LogP contribution in [-0.4, -0.2) is 40.9 Å². The van der Waals surface area contributed by atoms with Gasteiger partial charge in [-0.2, -0.15) is 4.98 Å². The minimum atomic E-state index is -0.501. The number of carbonyl (C=O) groups excluding carboxylic acids is 1. The van der Waals surface area contributed by atoms with Crippen molar-refractivity contribution in [2.75, 3.05) is 24.5 Å². The van der Waals surface area contributed by atoms with Gasteiger partial charge in [0.15, 0.2) is 6.61 Å². The normalized spacial score (nSPS) is 14.2. The van der Waals surface area contributed by atoms with E-state index in [1.54, 1.807) is 24.3 Å². The first kappa shape index (κ1) is 24.3. The summed E-state index contributed by atoms with van der Waals surface area (Å²) >= 11 is 12.0. The number of fused-ring (bicyclic) bond motifs is 1. The van der Waals surface area contributed by atoms with Crippen molar-refractivity contribution in [3.05, 3.63) is 70.5 Å². The summed E-state index contributed by atoms with van der Waals surface area (Å²) in [7, 11) is 0. The van der Waals surface area contributed by atoms with Crippen LogP contribution in [0, 0.1) is 5.92 Å². The van der Waals surface area contributed by atoms with Crippen LogP contribution in [0.1, 0.15) is 25.2 Å². The van der Waals surface area contributed by atoms with Gasteiger partial charge in [0.25, 0.3) is 5.89 Å². The number of nitrogens with one attached hydrogen (secondary N) is 1. The van der Waals surface area contributed by atoms with E-state index in [0.29, 0.717) is 28.3 Å². The Labute approximate surface area is 218 Å². The van der Waals surface area contributed by atoms with Gasteiger partial charge < -0.3 is 19.5 Å². The lowest BCUT2D eigenvalue weighted by Gasteiger charge is -2.33. The zero-order valence-electron chi connectivity index (χ0n) is 19.5. The van der Waals surface area contributed by atoms with E-state index in [0.717, 1.165) is 54.6 Å². The van der Waals surface area contributed by atoms with E-state index in [2.05, 4.69) is 32.5 Å². The van der Waals surface area contributed by atoms with Gasteiger partial charge in [-0.15, -0.1) is 0 Å². The summed E-state index contributed by atoms with van der Waals surface area (Å²) in [6.07, 6.45) is 2.49. The fourth-order valence-electron chi connectivity index (χ4n) is 4.30. The fourth-order valence-corrected chi connectivity index (χ4v) is 4.61. The van der Waals surface area contributed by atoms with Gasteiger partial charge in [0.05, 0.1) is 5.52 Å². The van der Waals surface area contributed by atoms with E-state index < -0.39 is 6.09 Å². The van der Waals surface area contributed by atoms with E-state index in [1.165, 1.54) is 0 Å². The molecule has 1 fully saturated rings. The summed E-state index contributed by atoms with van der Waals surface area (Å²) in [5.74, 6) is 2.18. The molecule has 1 aliphatic heterocycles. The molecular formula is C26H25Cl2N5O3. The van der Waals surface area contributed by atoms with E-state index in [-0.39, 0.29) is 12.5 Å². The molecule has 2 aromatic carbocycles. The number of alkyl carbamates (subject to hydrolysis) is 1. The van der Waals surface area contributed by atoms with Crippen LogP contribution in [-0.2, 0) is 11.3 Å². The average molecular weight is 526 g/mol. The highest BCUT2D eigenvalue weighted by Crippen LogP contribution is 2.26. The largest absolute Gasteiger partial charge is 0.439 e. The van der Waals surface area contributed by atoms with Crippen molar-refractivity contribution in [2.24, 2.45) is 5.92 Å². The Balaban J connectivity index is 1.02. The molecule has 3 heterocycles. The molecule has 0 aliphatic carbocycles. The molecule has 0 spiro atoms. The number of hydrogen-bond donors (Lipinski definition) is 1. The van der Waals surface area contributed by atoms with Crippen molar-refractivity contribution < 1.29 is 14.1 Å². The third-order valence-corrected chi connectivity index (χ3v) is 6.78. The third-order valence-electron chi connectivity index (χ3n) is 6.29. The summed E-state index contributed by atoms with van der Waals surface area (Å²) in [5, 5.41) is 9.10. The number of aromatic nitrogens is 3. The maximum atomic E-state index is 12.1.